The maximum atomic E-state index is 11.5. The van der Waals surface area contributed by atoms with Crippen LogP contribution in [0.4, 0.5) is 0 Å². The molecule has 0 unspecified atom stereocenters. The molecular formula is C8H14Br2N2O2. The van der Waals surface area contributed by atoms with E-state index in [0.29, 0.717) is 0 Å². The molecule has 0 aliphatic heterocycles. The van der Waals surface area contributed by atoms with Crippen LogP contribution in [0.5, 0.6) is 0 Å². The molecule has 2 atom stereocenters. The van der Waals surface area contributed by atoms with Gasteiger partial charge in [-0.1, -0.05) is 31.9 Å². The standard InChI is InChI=1S/C8H14Br2N2O2/c1-11(2)7(13)5(9)6(10)8(14)12(3)4/h5-6H,1-4H3/t5-,6+. The third kappa shape index (κ3) is 3.57. The molecule has 0 N–H and O–H groups in total. The van der Waals surface area contributed by atoms with Gasteiger partial charge in [-0.15, -0.1) is 0 Å². The second kappa shape index (κ2) is 5.70. The molecule has 0 saturated heterocycles. The Morgan fingerprint density at radius 2 is 1.07 bits per heavy atom. The Morgan fingerprint density at radius 3 is 1.21 bits per heavy atom. The van der Waals surface area contributed by atoms with Crippen LogP contribution in [-0.2, 0) is 9.59 Å². The Labute approximate surface area is 101 Å². The number of rotatable bonds is 3. The van der Waals surface area contributed by atoms with E-state index in [2.05, 4.69) is 31.9 Å². The molecule has 0 aromatic carbocycles. The number of alkyl halides is 2. The van der Waals surface area contributed by atoms with Crippen LogP contribution >= 0.6 is 31.9 Å². The van der Waals surface area contributed by atoms with Gasteiger partial charge in [0.25, 0.3) is 0 Å². The molecule has 0 aromatic rings. The van der Waals surface area contributed by atoms with Crippen molar-refractivity contribution in [1.82, 2.24) is 9.80 Å². The van der Waals surface area contributed by atoms with Gasteiger partial charge in [-0.3, -0.25) is 9.59 Å². The molecule has 0 saturated carbocycles. The molecule has 0 aliphatic carbocycles. The number of halogens is 2. The molecule has 14 heavy (non-hydrogen) atoms. The second-order valence-electron chi connectivity index (χ2n) is 3.27. The lowest BCUT2D eigenvalue weighted by Gasteiger charge is -2.21. The number of nitrogens with zero attached hydrogens (tertiary/aromatic N) is 2. The van der Waals surface area contributed by atoms with Crippen molar-refractivity contribution in [2.45, 2.75) is 9.65 Å². The summed E-state index contributed by atoms with van der Waals surface area (Å²) < 4.78 is 0. The monoisotopic (exact) mass is 328 g/mol. The highest BCUT2D eigenvalue weighted by Gasteiger charge is 2.31. The molecule has 0 aliphatic rings. The average molecular weight is 330 g/mol. The van der Waals surface area contributed by atoms with Gasteiger partial charge < -0.3 is 9.80 Å². The minimum absolute atomic E-state index is 0.137. The summed E-state index contributed by atoms with van der Waals surface area (Å²) in [5, 5.41) is 0. The lowest BCUT2D eigenvalue weighted by molar-refractivity contribution is -0.133. The van der Waals surface area contributed by atoms with Gasteiger partial charge in [-0.2, -0.15) is 0 Å². The normalized spacial score (nSPS) is 14.4. The predicted octanol–water partition coefficient (Wildman–Crippen LogP) is 0.690. The first-order valence-corrected chi connectivity index (χ1v) is 5.82. The van der Waals surface area contributed by atoms with E-state index in [1.165, 1.54) is 9.80 Å². The van der Waals surface area contributed by atoms with Crippen LogP contribution in [0, 0.1) is 0 Å². The first kappa shape index (κ1) is 13.9. The maximum Gasteiger partial charge on any atom is 0.237 e. The van der Waals surface area contributed by atoms with Gasteiger partial charge in [0.05, 0.1) is 0 Å². The van der Waals surface area contributed by atoms with Crippen LogP contribution < -0.4 is 0 Å². The summed E-state index contributed by atoms with van der Waals surface area (Å²) in [5.41, 5.74) is 0. The van der Waals surface area contributed by atoms with Gasteiger partial charge in [-0.05, 0) is 0 Å². The third-order valence-electron chi connectivity index (χ3n) is 1.61. The highest BCUT2D eigenvalue weighted by molar-refractivity contribution is 9.12. The van der Waals surface area contributed by atoms with Crippen molar-refractivity contribution in [2.75, 3.05) is 28.2 Å². The fourth-order valence-corrected chi connectivity index (χ4v) is 2.01. The third-order valence-corrected chi connectivity index (χ3v) is 4.16. The predicted molar refractivity (Wildman–Crippen MR) is 62.8 cm³/mol. The highest BCUT2D eigenvalue weighted by atomic mass is 79.9. The van der Waals surface area contributed by atoms with Crippen molar-refractivity contribution in [1.29, 1.82) is 0 Å². The fourth-order valence-electron chi connectivity index (χ4n) is 0.744. The van der Waals surface area contributed by atoms with E-state index in [4.69, 9.17) is 0 Å². The molecule has 0 rings (SSSR count). The summed E-state index contributed by atoms with van der Waals surface area (Å²) in [4.78, 5) is 24.8. The van der Waals surface area contributed by atoms with E-state index in [1.807, 2.05) is 0 Å². The van der Waals surface area contributed by atoms with Crippen molar-refractivity contribution in [3.05, 3.63) is 0 Å². The summed E-state index contributed by atoms with van der Waals surface area (Å²) in [6, 6.07) is 0. The van der Waals surface area contributed by atoms with Crippen molar-refractivity contribution in [2.24, 2.45) is 0 Å². The average Bonchev–Trinajstić information content (AvgIpc) is 2.12. The quantitative estimate of drug-likeness (QED) is 0.715. The zero-order valence-electron chi connectivity index (χ0n) is 8.62. The zero-order valence-corrected chi connectivity index (χ0v) is 11.8. The summed E-state index contributed by atoms with van der Waals surface area (Å²) in [7, 11) is 6.60. The topological polar surface area (TPSA) is 40.6 Å². The number of carbonyl (C=O) groups excluding carboxylic acids is 2. The largest absolute Gasteiger partial charge is 0.348 e. The summed E-state index contributed by atoms with van der Waals surface area (Å²) in [6.45, 7) is 0. The Kier molecular flexibility index (Phi) is 5.66. The van der Waals surface area contributed by atoms with Gasteiger partial charge >= 0.3 is 0 Å². The molecule has 82 valence electrons. The summed E-state index contributed by atoms with van der Waals surface area (Å²) in [5.74, 6) is -0.274. The van der Waals surface area contributed by atoms with Gasteiger partial charge in [-0.25, -0.2) is 0 Å². The molecule has 0 fully saturated rings. The number of hydrogen-bond donors (Lipinski definition) is 0. The van der Waals surface area contributed by atoms with E-state index >= 15 is 0 Å². The van der Waals surface area contributed by atoms with Gasteiger partial charge in [0.2, 0.25) is 11.8 Å². The second-order valence-corrected chi connectivity index (χ2v) is 5.24. The summed E-state index contributed by atoms with van der Waals surface area (Å²) >= 11 is 6.39. The number of amides is 2. The Morgan fingerprint density at radius 1 is 0.857 bits per heavy atom. The Hall–Kier alpha value is -0.100. The van der Waals surface area contributed by atoms with Crippen LogP contribution in [0.2, 0.25) is 0 Å². The Balaban J connectivity index is 4.46. The Bertz CT molecular complexity index is 207. The van der Waals surface area contributed by atoms with Crippen molar-refractivity contribution >= 4 is 43.7 Å². The van der Waals surface area contributed by atoms with Gasteiger partial charge in [0, 0.05) is 28.2 Å². The molecule has 4 nitrogen and oxygen atoms in total. The van der Waals surface area contributed by atoms with Crippen LogP contribution in [0.3, 0.4) is 0 Å². The smallest absolute Gasteiger partial charge is 0.237 e. The SMILES string of the molecule is CN(C)C(=O)[C@@H](Br)[C@@H](Br)C(=O)N(C)C. The number of hydrogen-bond acceptors (Lipinski definition) is 2. The lowest BCUT2D eigenvalue weighted by atomic mass is 10.2. The number of carbonyl (C=O) groups is 2. The van der Waals surface area contributed by atoms with E-state index < -0.39 is 9.65 Å². The minimum Gasteiger partial charge on any atom is -0.348 e. The molecule has 0 heterocycles. The van der Waals surface area contributed by atoms with Gasteiger partial charge in [0.1, 0.15) is 9.65 Å². The molecule has 6 heteroatoms. The van der Waals surface area contributed by atoms with Crippen LogP contribution in [-0.4, -0.2) is 59.5 Å². The van der Waals surface area contributed by atoms with E-state index in [0.717, 1.165) is 0 Å². The lowest BCUT2D eigenvalue weighted by Crippen LogP contribution is -2.42. The van der Waals surface area contributed by atoms with Crippen molar-refractivity contribution < 1.29 is 9.59 Å². The van der Waals surface area contributed by atoms with E-state index in [-0.39, 0.29) is 11.8 Å². The molecule has 0 radical (unpaired) electrons. The first-order valence-electron chi connectivity index (χ1n) is 3.99. The zero-order chi connectivity index (χ0) is 11.5. The molecule has 0 aromatic heterocycles. The first-order chi connectivity index (χ1) is 6.29. The van der Waals surface area contributed by atoms with Gasteiger partial charge in [0.15, 0.2) is 0 Å². The van der Waals surface area contributed by atoms with Crippen molar-refractivity contribution in [3.63, 3.8) is 0 Å². The molecule has 0 bridgehead atoms. The minimum atomic E-state index is -0.535. The van der Waals surface area contributed by atoms with Crippen molar-refractivity contribution in [3.8, 4) is 0 Å². The van der Waals surface area contributed by atoms with E-state index in [9.17, 15) is 9.59 Å². The van der Waals surface area contributed by atoms with Crippen LogP contribution in [0.25, 0.3) is 0 Å². The van der Waals surface area contributed by atoms with Crippen LogP contribution in [0.1, 0.15) is 0 Å². The molecule has 0 spiro atoms. The fraction of sp³-hybridized carbons (Fsp3) is 0.750. The van der Waals surface area contributed by atoms with Crippen LogP contribution in [0.15, 0.2) is 0 Å². The molecule has 2 amide bonds. The summed E-state index contributed by atoms with van der Waals surface area (Å²) in [6.07, 6.45) is 0. The molecular weight excluding hydrogens is 316 g/mol. The maximum absolute atomic E-state index is 11.5. The highest BCUT2D eigenvalue weighted by Crippen LogP contribution is 2.17. The van der Waals surface area contributed by atoms with E-state index in [1.54, 1.807) is 28.2 Å².